The van der Waals surface area contributed by atoms with E-state index in [1.807, 2.05) is 24.3 Å². The van der Waals surface area contributed by atoms with E-state index in [9.17, 15) is 4.79 Å². The van der Waals surface area contributed by atoms with E-state index in [4.69, 9.17) is 5.73 Å². The molecule has 0 bridgehead atoms. The molecule has 0 aromatic heterocycles. The summed E-state index contributed by atoms with van der Waals surface area (Å²) in [6.07, 6.45) is 5.27. The number of rotatable bonds is 3. The van der Waals surface area contributed by atoms with Gasteiger partial charge in [-0.3, -0.25) is 4.79 Å². The lowest BCUT2D eigenvalue weighted by Crippen LogP contribution is -2.47. The predicted molar refractivity (Wildman–Crippen MR) is 94.8 cm³/mol. The minimum atomic E-state index is 0. The third kappa shape index (κ3) is 4.77. The van der Waals surface area contributed by atoms with Crippen LogP contribution in [0, 0.1) is 0 Å². The second kappa shape index (κ2) is 8.61. The van der Waals surface area contributed by atoms with Crippen LogP contribution in [0.25, 0.3) is 0 Å². The van der Waals surface area contributed by atoms with Gasteiger partial charge in [-0.05, 0) is 49.9 Å². The Morgan fingerprint density at radius 2 is 1.91 bits per heavy atom. The van der Waals surface area contributed by atoms with Gasteiger partial charge in [0.2, 0.25) is 5.91 Å². The van der Waals surface area contributed by atoms with Crippen LogP contribution in [0.4, 0.5) is 5.69 Å². The first-order valence-electron chi connectivity index (χ1n) is 7.58. The zero-order chi connectivity index (χ0) is 13.9. The lowest BCUT2D eigenvalue weighted by atomic mass is 9.97. The summed E-state index contributed by atoms with van der Waals surface area (Å²) in [6.45, 7) is 2.38. The van der Waals surface area contributed by atoms with Gasteiger partial charge in [-0.2, -0.15) is 0 Å². The van der Waals surface area contributed by atoms with Crippen molar-refractivity contribution in [2.45, 2.75) is 44.2 Å². The van der Waals surface area contributed by atoms with Crippen LogP contribution in [0.15, 0.2) is 24.3 Å². The van der Waals surface area contributed by atoms with Crippen molar-refractivity contribution in [3.63, 3.8) is 0 Å². The molecule has 2 saturated heterocycles. The summed E-state index contributed by atoms with van der Waals surface area (Å²) in [4.78, 5) is 14.7. The topological polar surface area (TPSA) is 58.4 Å². The molecule has 2 heterocycles. The molecule has 0 aliphatic carbocycles. The molecule has 22 heavy (non-hydrogen) atoms. The average molecular weight is 346 g/mol. The number of fused-ring (bicyclic) bond motifs is 1. The van der Waals surface area contributed by atoms with Crippen LogP contribution in [0.3, 0.4) is 0 Å². The second-order valence-electron chi connectivity index (χ2n) is 6.04. The molecule has 4 nitrogen and oxygen atoms in total. The molecule has 3 N–H and O–H groups in total. The fourth-order valence-electron chi connectivity index (χ4n) is 3.46. The van der Waals surface area contributed by atoms with Crippen molar-refractivity contribution >= 4 is 36.4 Å². The summed E-state index contributed by atoms with van der Waals surface area (Å²) in [5, 5.41) is 3.20. The quantitative estimate of drug-likeness (QED) is 0.827. The Hall–Kier alpha value is -0.970. The highest BCUT2D eigenvalue weighted by molar-refractivity contribution is 5.85. The summed E-state index contributed by atoms with van der Waals surface area (Å²) in [6, 6.07) is 8.60. The molecular formula is C16H25Cl2N3O. The first-order valence-corrected chi connectivity index (χ1v) is 7.58. The van der Waals surface area contributed by atoms with Crippen LogP contribution < -0.4 is 11.1 Å². The highest BCUT2D eigenvalue weighted by atomic mass is 35.5. The molecule has 1 aromatic rings. The molecule has 1 amide bonds. The number of hydrogen-bond acceptors (Lipinski definition) is 3. The van der Waals surface area contributed by atoms with Crippen molar-refractivity contribution in [1.29, 1.82) is 0 Å². The molecule has 0 radical (unpaired) electrons. The number of carbonyl (C=O) groups excluding carboxylic acids is 1. The number of nitrogen functional groups attached to an aromatic ring is 1. The maximum atomic E-state index is 12.1. The van der Waals surface area contributed by atoms with E-state index in [-0.39, 0.29) is 30.7 Å². The monoisotopic (exact) mass is 345 g/mol. The molecule has 1 aromatic carbocycles. The average Bonchev–Trinajstić information content (AvgIpc) is 2.89. The molecule has 2 aliphatic rings. The maximum Gasteiger partial charge on any atom is 0.224 e. The van der Waals surface area contributed by atoms with Gasteiger partial charge in [0.1, 0.15) is 0 Å². The number of anilines is 1. The number of halogens is 2. The number of nitrogens with two attached hydrogens (primary N) is 1. The Labute approximate surface area is 144 Å². The first kappa shape index (κ1) is 19.1. The Bertz CT molecular complexity index is 481. The Morgan fingerprint density at radius 1 is 1.18 bits per heavy atom. The molecule has 2 fully saturated rings. The van der Waals surface area contributed by atoms with Gasteiger partial charge in [-0.1, -0.05) is 12.1 Å². The molecule has 2 unspecified atom stereocenters. The normalized spacial score (nSPS) is 23.8. The largest absolute Gasteiger partial charge is 0.399 e. The summed E-state index contributed by atoms with van der Waals surface area (Å²) in [7, 11) is 0. The van der Waals surface area contributed by atoms with Crippen molar-refractivity contribution in [3.05, 3.63) is 29.8 Å². The van der Waals surface area contributed by atoms with Crippen molar-refractivity contribution in [2.24, 2.45) is 0 Å². The second-order valence-corrected chi connectivity index (χ2v) is 6.04. The highest BCUT2D eigenvalue weighted by Crippen LogP contribution is 2.26. The number of nitrogens with zero attached hydrogens (tertiary/aromatic N) is 1. The van der Waals surface area contributed by atoms with Gasteiger partial charge in [0, 0.05) is 24.3 Å². The van der Waals surface area contributed by atoms with E-state index >= 15 is 0 Å². The lowest BCUT2D eigenvalue weighted by molar-refractivity contribution is -0.121. The zero-order valence-electron chi connectivity index (χ0n) is 12.7. The van der Waals surface area contributed by atoms with Crippen LogP contribution in [-0.4, -0.2) is 36.0 Å². The summed E-state index contributed by atoms with van der Waals surface area (Å²) in [5.41, 5.74) is 7.41. The van der Waals surface area contributed by atoms with Gasteiger partial charge in [0.15, 0.2) is 0 Å². The Kier molecular flexibility index (Phi) is 7.46. The fraction of sp³-hybridized carbons (Fsp3) is 0.562. The molecule has 0 spiro atoms. The summed E-state index contributed by atoms with van der Waals surface area (Å²) >= 11 is 0. The van der Waals surface area contributed by atoms with Crippen molar-refractivity contribution in [1.82, 2.24) is 10.2 Å². The van der Waals surface area contributed by atoms with Crippen LogP contribution in [0.2, 0.25) is 0 Å². The summed E-state index contributed by atoms with van der Waals surface area (Å²) in [5.74, 6) is 0.131. The number of nitrogens with one attached hydrogen (secondary N) is 1. The molecule has 0 saturated carbocycles. The van der Waals surface area contributed by atoms with E-state index in [0.717, 1.165) is 30.6 Å². The van der Waals surface area contributed by atoms with Gasteiger partial charge in [-0.25, -0.2) is 0 Å². The molecule has 2 atom stereocenters. The van der Waals surface area contributed by atoms with E-state index in [0.29, 0.717) is 18.5 Å². The van der Waals surface area contributed by atoms with Crippen LogP contribution in [0.1, 0.15) is 31.2 Å². The fourth-order valence-corrected chi connectivity index (χ4v) is 3.46. The molecule has 124 valence electrons. The van der Waals surface area contributed by atoms with Crippen molar-refractivity contribution in [3.8, 4) is 0 Å². The number of amides is 1. The predicted octanol–water partition coefficient (Wildman–Crippen LogP) is 2.40. The van der Waals surface area contributed by atoms with Gasteiger partial charge in [0.05, 0.1) is 6.42 Å². The molecule has 6 heteroatoms. The van der Waals surface area contributed by atoms with Gasteiger partial charge >= 0.3 is 0 Å². The third-order valence-electron chi connectivity index (χ3n) is 4.53. The first-order chi connectivity index (χ1) is 9.70. The minimum Gasteiger partial charge on any atom is -0.399 e. The standard InChI is InChI=1S/C16H23N3O.2ClH/c17-13-5-3-12(4-6-13)10-16(20)18-14-7-9-19-8-1-2-15(19)11-14;;/h3-6,14-15H,1-2,7-11,17H2,(H,18,20);2*1H. The van der Waals surface area contributed by atoms with Crippen LogP contribution in [0.5, 0.6) is 0 Å². The Morgan fingerprint density at radius 3 is 2.64 bits per heavy atom. The summed E-state index contributed by atoms with van der Waals surface area (Å²) < 4.78 is 0. The maximum absolute atomic E-state index is 12.1. The number of benzene rings is 1. The molecular weight excluding hydrogens is 321 g/mol. The zero-order valence-corrected chi connectivity index (χ0v) is 14.3. The van der Waals surface area contributed by atoms with Crippen LogP contribution >= 0.6 is 24.8 Å². The minimum absolute atomic E-state index is 0. The van der Waals surface area contributed by atoms with Gasteiger partial charge < -0.3 is 16.0 Å². The molecule has 3 rings (SSSR count). The van der Waals surface area contributed by atoms with E-state index in [1.54, 1.807) is 0 Å². The number of carbonyl (C=O) groups is 1. The number of hydrogen-bond donors (Lipinski definition) is 2. The lowest BCUT2D eigenvalue weighted by Gasteiger charge is -2.35. The number of piperidine rings is 1. The van der Waals surface area contributed by atoms with Crippen molar-refractivity contribution < 1.29 is 4.79 Å². The van der Waals surface area contributed by atoms with E-state index in [1.165, 1.54) is 19.4 Å². The Balaban J connectivity index is 0.00000121. The van der Waals surface area contributed by atoms with Gasteiger partial charge in [-0.15, -0.1) is 24.8 Å². The van der Waals surface area contributed by atoms with Crippen molar-refractivity contribution in [2.75, 3.05) is 18.8 Å². The van der Waals surface area contributed by atoms with E-state index < -0.39 is 0 Å². The molecule has 2 aliphatic heterocycles. The van der Waals surface area contributed by atoms with Crippen LogP contribution in [-0.2, 0) is 11.2 Å². The van der Waals surface area contributed by atoms with Gasteiger partial charge in [0.25, 0.3) is 0 Å². The third-order valence-corrected chi connectivity index (χ3v) is 4.53. The van der Waals surface area contributed by atoms with E-state index in [2.05, 4.69) is 10.2 Å². The SMILES string of the molecule is Cl.Cl.Nc1ccc(CC(=O)NC2CCN3CCCC3C2)cc1. The smallest absolute Gasteiger partial charge is 0.224 e. The highest BCUT2D eigenvalue weighted by Gasteiger charge is 2.32.